The summed E-state index contributed by atoms with van der Waals surface area (Å²) in [5, 5.41) is 7.17. The molecule has 6 nitrogen and oxygen atoms in total. The fraction of sp³-hybridized carbons (Fsp3) is 0.450. The van der Waals surface area contributed by atoms with E-state index >= 15 is 0 Å². The number of amides is 3. The van der Waals surface area contributed by atoms with Crippen molar-refractivity contribution in [2.24, 2.45) is 0 Å². The minimum Gasteiger partial charge on any atom is -0.349 e. The average molecular weight is 385 g/mol. The molecule has 1 aromatic carbocycles. The van der Waals surface area contributed by atoms with Crippen LogP contribution in [0.15, 0.2) is 30.5 Å². The smallest absolute Gasteiger partial charge is 0.321 e. The predicted molar refractivity (Wildman–Crippen MR) is 106 cm³/mol. The third kappa shape index (κ3) is 4.13. The van der Waals surface area contributed by atoms with Gasteiger partial charge in [0, 0.05) is 42.2 Å². The van der Waals surface area contributed by atoms with Gasteiger partial charge in [0.1, 0.15) is 0 Å². The van der Waals surface area contributed by atoms with Crippen molar-refractivity contribution in [2.75, 3.05) is 18.4 Å². The topological polar surface area (TPSA) is 74.3 Å². The van der Waals surface area contributed by atoms with Crippen LogP contribution >= 0.6 is 11.3 Å². The van der Waals surface area contributed by atoms with Crippen molar-refractivity contribution >= 4 is 29.0 Å². The lowest BCUT2D eigenvalue weighted by Crippen LogP contribution is -2.40. The van der Waals surface area contributed by atoms with Crippen LogP contribution in [0.4, 0.5) is 10.5 Å². The minimum atomic E-state index is -0.0589. The molecule has 27 heavy (non-hydrogen) atoms. The standard InChI is InChI=1S/C20H24N4O2S/c1-13-12-21-19(27-13)14-7-9-24(10-8-14)20(26)22-16-4-2-3-15(11-16)17-5-6-18(25)23-17/h2-4,11-12,14,17H,5-10H2,1H3,(H,22,26)(H,23,25). The molecule has 3 heterocycles. The average Bonchev–Trinajstić information content (AvgIpc) is 3.30. The second-order valence-electron chi connectivity index (χ2n) is 7.28. The molecule has 2 fully saturated rings. The molecule has 2 aromatic rings. The van der Waals surface area contributed by atoms with Gasteiger partial charge < -0.3 is 15.5 Å². The lowest BCUT2D eigenvalue weighted by Gasteiger charge is -2.31. The van der Waals surface area contributed by atoms with Crippen LogP contribution in [0, 0.1) is 6.92 Å². The summed E-state index contributed by atoms with van der Waals surface area (Å²) in [5.74, 6) is 0.551. The van der Waals surface area contributed by atoms with E-state index in [2.05, 4.69) is 22.5 Å². The van der Waals surface area contributed by atoms with Crippen LogP contribution in [0.25, 0.3) is 0 Å². The molecule has 4 rings (SSSR count). The molecule has 2 saturated heterocycles. The van der Waals surface area contributed by atoms with E-state index in [4.69, 9.17) is 0 Å². The normalized spacial score (nSPS) is 20.6. The van der Waals surface area contributed by atoms with E-state index in [1.807, 2.05) is 35.4 Å². The van der Waals surface area contributed by atoms with Gasteiger partial charge in [-0.25, -0.2) is 9.78 Å². The molecule has 2 N–H and O–H groups in total. The van der Waals surface area contributed by atoms with Gasteiger partial charge in [-0.05, 0) is 43.9 Å². The van der Waals surface area contributed by atoms with Crippen LogP contribution in [0.2, 0.25) is 0 Å². The third-order valence-electron chi connectivity index (χ3n) is 5.31. The number of piperidine rings is 1. The number of thiazole rings is 1. The minimum absolute atomic E-state index is 0.0480. The largest absolute Gasteiger partial charge is 0.349 e. The molecule has 2 aliphatic heterocycles. The maximum Gasteiger partial charge on any atom is 0.321 e. The number of nitrogens with zero attached hydrogens (tertiary/aromatic N) is 2. The Labute approximate surface area is 163 Å². The zero-order valence-corrected chi connectivity index (χ0v) is 16.2. The number of urea groups is 1. The van der Waals surface area contributed by atoms with Gasteiger partial charge in [-0.3, -0.25) is 4.79 Å². The summed E-state index contributed by atoms with van der Waals surface area (Å²) >= 11 is 1.76. The van der Waals surface area contributed by atoms with Crippen LogP contribution in [-0.2, 0) is 4.79 Å². The lowest BCUT2D eigenvalue weighted by molar-refractivity contribution is -0.119. The molecule has 0 bridgehead atoms. The van der Waals surface area contributed by atoms with Gasteiger partial charge in [-0.15, -0.1) is 11.3 Å². The van der Waals surface area contributed by atoms with Gasteiger partial charge in [0.05, 0.1) is 11.0 Å². The first-order valence-electron chi connectivity index (χ1n) is 9.46. The van der Waals surface area contributed by atoms with Gasteiger partial charge in [-0.2, -0.15) is 0 Å². The number of benzene rings is 1. The number of aryl methyl sites for hydroxylation is 1. The highest BCUT2D eigenvalue weighted by Crippen LogP contribution is 2.31. The number of hydrogen-bond acceptors (Lipinski definition) is 4. The molecule has 1 atom stereocenters. The van der Waals surface area contributed by atoms with Crippen molar-refractivity contribution in [3.63, 3.8) is 0 Å². The molecular formula is C20H24N4O2S. The molecule has 2 aliphatic rings. The Morgan fingerprint density at radius 3 is 2.78 bits per heavy atom. The quantitative estimate of drug-likeness (QED) is 0.845. The summed E-state index contributed by atoms with van der Waals surface area (Å²) in [4.78, 5) is 31.7. The van der Waals surface area contributed by atoms with E-state index in [9.17, 15) is 9.59 Å². The first-order chi connectivity index (χ1) is 13.1. The van der Waals surface area contributed by atoms with Crippen molar-refractivity contribution in [2.45, 2.75) is 44.6 Å². The summed E-state index contributed by atoms with van der Waals surface area (Å²) in [6.45, 7) is 3.57. The highest BCUT2D eigenvalue weighted by molar-refractivity contribution is 7.11. The summed E-state index contributed by atoms with van der Waals surface area (Å²) < 4.78 is 0. The summed E-state index contributed by atoms with van der Waals surface area (Å²) in [6.07, 6.45) is 5.21. The number of rotatable bonds is 3. The summed E-state index contributed by atoms with van der Waals surface area (Å²) in [5.41, 5.74) is 1.81. The predicted octanol–water partition coefficient (Wildman–Crippen LogP) is 3.81. The molecule has 0 spiro atoms. The van der Waals surface area contributed by atoms with E-state index in [0.717, 1.165) is 43.6 Å². The van der Waals surface area contributed by atoms with Gasteiger partial charge in [0.15, 0.2) is 0 Å². The van der Waals surface area contributed by atoms with Crippen LogP contribution in [-0.4, -0.2) is 34.9 Å². The van der Waals surface area contributed by atoms with Crippen LogP contribution in [0.3, 0.4) is 0 Å². The van der Waals surface area contributed by atoms with Crippen molar-refractivity contribution in [1.82, 2.24) is 15.2 Å². The molecule has 0 radical (unpaired) electrons. The summed E-state index contributed by atoms with van der Waals surface area (Å²) in [7, 11) is 0. The zero-order valence-electron chi connectivity index (χ0n) is 15.4. The second kappa shape index (κ2) is 7.68. The Hall–Kier alpha value is -2.41. The fourth-order valence-electron chi connectivity index (χ4n) is 3.79. The van der Waals surface area contributed by atoms with Gasteiger partial charge >= 0.3 is 6.03 Å². The lowest BCUT2D eigenvalue weighted by atomic mass is 9.98. The van der Waals surface area contributed by atoms with Crippen LogP contribution in [0.1, 0.15) is 53.1 Å². The Kier molecular flexibility index (Phi) is 5.11. The fourth-order valence-corrected chi connectivity index (χ4v) is 4.73. The van der Waals surface area contributed by atoms with E-state index in [-0.39, 0.29) is 18.0 Å². The van der Waals surface area contributed by atoms with Crippen molar-refractivity contribution < 1.29 is 9.59 Å². The van der Waals surface area contributed by atoms with Crippen molar-refractivity contribution in [3.05, 3.63) is 45.9 Å². The van der Waals surface area contributed by atoms with Crippen LogP contribution < -0.4 is 10.6 Å². The molecule has 7 heteroatoms. The van der Waals surface area contributed by atoms with Crippen molar-refractivity contribution in [1.29, 1.82) is 0 Å². The Morgan fingerprint density at radius 2 is 2.11 bits per heavy atom. The first-order valence-corrected chi connectivity index (χ1v) is 10.3. The molecule has 142 valence electrons. The number of aromatic nitrogens is 1. The zero-order chi connectivity index (χ0) is 18.8. The first kappa shape index (κ1) is 18.0. The maximum atomic E-state index is 12.6. The van der Waals surface area contributed by atoms with E-state index in [1.165, 1.54) is 9.88 Å². The number of anilines is 1. The monoisotopic (exact) mass is 384 g/mol. The van der Waals surface area contributed by atoms with Crippen molar-refractivity contribution in [3.8, 4) is 0 Å². The molecular weight excluding hydrogens is 360 g/mol. The number of nitrogens with one attached hydrogen (secondary N) is 2. The Morgan fingerprint density at radius 1 is 1.30 bits per heavy atom. The molecule has 1 aromatic heterocycles. The number of carbonyl (C=O) groups excluding carboxylic acids is 2. The van der Waals surface area contributed by atoms with E-state index in [1.54, 1.807) is 11.3 Å². The highest BCUT2D eigenvalue weighted by Gasteiger charge is 2.26. The number of likely N-dealkylation sites (tertiary alicyclic amines) is 1. The molecule has 3 amide bonds. The van der Waals surface area contributed by atoms with Gasteiger partial charge in [0.2, 0.25) is 5.91 Å². The number of carbonyl (C=O) groups is 2. The van der Waals surface area contributed by atoms with Crippen LogP contribution in [0.5, 0.6) is 0 Å². The molecule has 0 saturated carbocycles. The maximum absolute atomic E-state index is 12.6. The summed E-state index contributed by atoms with van der Waals surface area (Å²) in [6, 6.07) is 7.76. The van der Waals surface area contributed by atoms with Gasteiger partial charge in [-0.1, -0.05) is 12.1 Å². The van der Waals surface area contributed by atoms with E-state index < -0.39 is 0 Å². The molecule has 1 unspecified atom stereocenters. The Bertz CT molecular complexity index is 842. The van der Waals surface area contributed by atoms with Gasteiger partial charge in [0.25, 0.3) is 0 Å². The SMILES string of the molecule is Cc1cnc(C2CCN(C(=O)Nc3cccc(C4CCC(=O)N4)c3)CC2)s1. The third-order valence-corrected chi connectivity index (χ3v) is 6.38. The number of hydrogen-bond donors (Lipinski definition) is 2. The molecule has 0 aliphatic carbocycles. The highest BCUT2D eigenvalue weighted by atomic mass is 32.1. The van der Waals surface area contributed by atoms with E-state index in [0.29, 0.717) is 12.3 Å². The second-order valence-corrected chi connectivity index (χ2v) is 8.55. The Balaban J connectivity index is 1.34.